The van der Waals surface area contributed by atoms with Crippen molar-refractivity contribution in [1.29, 1.82) is 0 Å². The molecular formula is C21H25N3O3. The Morgan fingerprint density at radius 2 is 1.85 bits per heavy atom. The molecule has 1 N–H and O–H groups in total. The van der Waals surface area contributed by atoms with E-state index < -0.39 is 0 Å². The van der Waals surface area contributed by atoms with E-state index >= 15 is 0 Å². The molecule has 1 fully saturated rings. The lowest BCUT2D eigenvalue weighted by molar-refractivity contribution is 0.0526. The van der Waals surface area contributed by atoms with Crippen LogP contribution in [-0.4, -0.2) is 41.5 Å². The average molecular weight is 367 g/mol. The maximum absolute atomic E-state index is 12.7. The van der Waals surface area contributed by atoms with Crippen LogP contribution in [0.5, 0.6) is 0 Å². The first-order valence-corrected chi connectivity index (χ1v) is 9.36. The van der Waals surface area contributed by atoms with Crippen molar-refractivity contribution in [2.24, 2.45) is 5.92 Å². The Bertz CT molecular complexity index is 797. The summed E-state index contributed by atoms with van der Waals surface area (Å²) in [4.78, 5) is 30.6. The Hall–Kier alpha value is -2.89. The Kier molecular flexibility index (Phi) is 6.06. The van der Waals surface area contributed by atoms with Crippen LogP contribution in [0.1, 0.15) is 47.4 Å². The highest BCUT2D eigenvalue weighted by Gasteiger charge is 2.21. The molecule has 0 radical (unpaired) electrons. The van der Waals surface area contributed by atoms with Crippen molar-refractivity contribution in [2.45, 2.75) is 26.7 Å². The molecule has 0 aliphatic carbocycles. The van der Waals surface area contributed by atoms with E-state index in [1.165, 1.54) is 0 Å². The zero-order valence-corrected chi connectivity index (χ0v) is 15.8. The lowest BCUT2D eigenvalue weighted by Gasteiger charge is -2.30. The standard InChI is InChI=1S/C21H25N3O3/c1-3-27-21(26)16-4-6-18(7-5-16)23-19-14-17(8-11-22-19)20(25)24-12-9-15(2)10-13-24/h4-8,11,14-15H,3,9-10,12-13H2,1-2H3,(H,22,23). The number of aromatic nitrogens is 1. The fourth-order valence-electron chi connectivity index (χ4n) is 3.08. The number of anilines is 2. The van der Waals surface area contributed by atoms with Gasteiger partial charge >= 0.3 is 5.97 Å². The van der Waals surface area contributed by atoms with E-state index in [1.807, 2.05) is 4.90 Å². The first-order valence-electron chi connectivity index (χ1n) is 9.36. The number of amides is 1. The second kappa shape index (κ2) is 8.66. The number of carbonyl (C=O) groups excluding carboxylic acids is 2. The molecule has 6 heteroatoms. The number of carbonyl (C=O) groups is 2. The maximum atomic E-state index is 12.7. The van der Waals surface area contributed by atoms with Gasteiger partial charge in [-0.25, -0.2) is 9.78 Å². The van der Waals surface area contributed by atoms with Crippen molar-refractivity contribution in [3.8, 4) is 0 Å². The monoisotopic (exact) mass is 367 g/mol. The molecule has 27 heavy (non-hydrogen) atoms. The largest absolute Gasteiger partial charge is 0.462 e. The number of likely N-dealkylation sites (tertiary alicyclic amines) is 1. The predicted octanol–water partition coefficient (Wildman–Crippen LogP) is 3.87. The van der Waals surface area contributed by atoms with Crippen molar-refractivity contribution >= 4 is 23.4 Å². The second-order valence-electron chi connectivity index (χ2n) is 6.83. The van der Waals surface area contributed by atoms with Gasteiger partial charge < -0.3 is 15.0 Å². The molecule has 6 nitrogen and oxygen atoms in total. The summed E-state index contributed by atoms with van der Waals surface area (Å²) in [6.07, 6.45) is 3.73. The lowest BCUT2D eigenvalue weighted by atomic mass is 9.99. The van der Waals surface area contributed by atoms with Crippen LogP contribution < -0.4 is 5.32 Å². The molecule has 2 aromatic rings. The van der Waals surface area contributed by atoms with E-state index in [1.54, 1.807) is 49.5 Å². The number of nitrogens with one attached hydrogen (secondary N) is 1. The number of piperidine rings is 1. The van der Waals surface area contributed by atoms with E-state index in [0.717, 1.165) is 31.6 Å². The minimum atomic E-state index is -0.342. The summed E-state index contributed by atoms with van der Waals surface area (Å²) in [5, 5.41) is 3.17. The van der Waals surface area contributed by atoms with Crippen molar-refractivity contribution < 1.29 is 14.3 Å². The topological polar surface area (TPSA) is 71.5 Å². The van der Waals surface area contributed by atoms with Crippen molar-refractivity contribution in [2.75, 3.05) is 25.0 Å². The van der Waals surface area contributed by atoms with Gasteiger partial charge in [0.1, 0.15) is 5.82 Å². The van der Waals surface area contributed by atoms with Crippen molar-refractivity contribution in [1.82, 2.24) is 9.88 Å². The fraction of sp³-hybridized carbons (Fsp3) is 0.381. The number of hydrogen-bond acceptors (Lipinski definition) is 5. The van der Waals surface area contributed by atoms with Gasteiger partial charge in [-0.3, -0.25) is 4.79 Å². The number of hydrogen-bond donors (Lipinski definition) is 1. The SMILES string of the molecule is CCOC(=O)c1ccc(Nc2cc(C(=O)N3CCC(C)CC3)ccn2)cc1. The quantitative estimate of drug-likeness (QED) is 0.812. The highest BCUT2D eigenvalue weighted by atomic mass is 16.5. The summed E-state index contributed by atoms with van der Waals surface area (Å²) >= 11 is 0. The molecule has 0 unspecified atom stereocenters. The fourth-order valence-corrected chi connectivity index (χ4v) is 3.08. The zero-order valence-electron chi connectivity index (χ0n) is 15.8. The number of nitrogens with zero attached hydrogens (tertiary/aromatic N) is 2. The summed E-state index contributed by atoms with van der Waals surface area (Å²) < 4.78 is 4.98. The molecule has 1 amide bonds. The Balaban J connectivity index is 1.67. The van der Waals surface area contributed by atoms with Crippen LogP contribution in [0.15, 0.2) is 42.6 Å². The molecule has 1 aliphatic heterocycles. The first kappa shape index (κ1) is 18.9. The van der Waals surface area contributed by atoms with Crippen LogP contribution in [0.25, 0.3) is 0 Å². The van der Waals surface area contributed by atoms with Crippen LogP contribution in [0.4, 0.5) is 11.5 Å². The smallest absolute Gasteiger partial charge is 0.338 e. The third-order valence-electron chi connectivity index (χ3n) is 4.75. The summed E-state index contributed by atoms with van der Waals surface area (Å²) in [6, 6.07) is 10.5. The van der Waals surface area contributed by atoms with Crippen molar-refractivity contribution in [3.63, 3.8) is 0 Å². The lowest BCUT2D eigenvalue weighted by Crippen LogP contribution is -2.37. The van der Waals surface area contributed by atoms with Crippen LogP contribution in [0.3, 0.4) is 0 Å². The summed E-state index contributed by atoms with van der Waals surface area (Å²) in [5.41, 5.74) is 1.91. The average Bonchev–Trinajstić information content (AvgIpc) is 2.69. The minimum absolute atomic E-state index is 0.0463. The highest BCUT2D eigenvalue weighted by Crippen LogP contribution is 2.20. The number of ether oxygens (including phenoxy) is 1. The van der Waals surface area contributed by atoms with Crippen LogP contribution in [0, 0.1) is 5.92 Å². The van der Waals surface area contributed by atoms with Crippen LogP contribution >= 0.6 is 0 Å². The first-order chi connectivity index (χ1) is 13.1. The molecule has 142 valence electrons. The van der Waals surface area contributed by atoms with Gasteiger partial charge in [-0.1, -0.05) is 6.92 Å². The summed E-state index contributed by atoms with van der Waals surface area (Å²) in [7, 11) is 0. The van der Waals surface area contributed by atoms with Crippen molar-refractivity contribution in [3.05, 3.63) is 53.7 Å². The molecule has 0 saturated carbocycles. The molecule has 2 heterocycles. The molecule has 1 aromatic heterocycles. The third-order valence-corrected chi connectivity index (χ3v) is 4.75. The highest BCUT2D eigenvalue weighted by molar-refractivity contribution is 5.95. The molecular weight excluding hydrogens is 342 g/mol. The Morgan fingerprint density at radius 1 is 1.15 bits per heavy atom. The van der Waals surface area contributed by atoms with Crippen LogP contribution in [0.2, 0.25) is 0 Å². The van der Waals surface area contributed by atoms with Gasteiger partial charge in [0.2, 0.25) is 0 Å². The maximum Gasteiger partial charge on any atom is 0.338 e. The third kappa shape index (κ3) is 4.84. The second-order valence-corrected chi connectivity index (χ2v) is 6.83. The molecule has 0 atom stereocenters. The summed E-state index contributed by atoms with van der Waals surface area (Å²) in [6.45, 7) is 5.96. The Labute approximate surface area is 159 Å². The molecule has 3 rings (SSSR count). The van der Waals surface area contributed by atoms with E-state index in [-0.39, 0.29) is 11.9 Å². The summed E-state index contributed by atoms with van der Waals surface area (Å²) in [5.74, 6) is 0.979. The molecule has 0 bridgehead atoms. The van der Waals surface area contributed by atoms with Gasteiger partial charge in [-0.2, -0.15) is 0 Å². The molecule has 1 aromatic carbocycles. The van der Waals surface area contributed by atoms with E-state index in [4.69, 9.17) is 4.74 Å². The predicted molar refractivity (Wildman–Crippen MR) is 104 cm³/mol. The molecule has 0 spiro atoms. The number of benzene rings is 1. The Morgan fingerprint density at radius 3 is 2.52 bits per heavy atom. The van der Waals surface area contributed by atoms with Gasteiger partial charge in [0.15, 0.2) is 0 Å². The number of rotatable bonds is 5. The van der Waals surface area contributed by atoms with E-state index in [0.29, 0.717) is 29.5 Å². The molecule has 1 aliphatic rings. The van der Waals surface area contributed by atoms with Gasteiger partial charge in [0, 0.05) is 30.5 Å². The van der Waals surface area contributed by atoms with Crippen LogP contribution in [-0.2, 0) is 4.74 Å². The zero-order chi connectivity index (χ0) is 19.2. The molecule has 1 saturated heterocycles. The van der Waals surface area contributed by atoms with E-state index in [2.05, 4.69) is 17.2 Å². The van der Waals surface area contributed by atoms with Gasteiger partial charge in [-0.05, 0) is 62.1 Å². The number of esters is 1. The van der Waals surface area contributed by atoms with Gasteiger partial charge in [0.25, 0.3) is 5.91 Å². The normalized spacial score (nSPS) is 14.7. The van der Waals surface area contributed by atoms with E-state index in [9.17, 15) is 9.59 Å². The minimum Gasteiger partial charge on any atom is -0.462 e. The number of pyridine rings is 1. The van der Waals surface area contributed by atoms with Gasteiger partial charge in [0.05, 0.1) is 12.2 Å². The van der Waals surface area contributed by atoms with Gasteiger partial charge in [-0.15, -0.1) is 0 Å².